The van der Waals surface area contributed by atoms with E-state index in [-0.39, 0.29) is 5.91 Å². The zero-order valence-electron chi connectivity index (χ0n) is 12.0. The van der Waals surface area contributed by atoms with Gasteiger partial charge in [-0.15, -0.1) is 0 Å². The van der Waals surface area contributed by atoms with Crippen LogP contribution < -0.4 is 5.32 Å². The number of hydrogen-bond acceptors (Lipinski definition) is 4. The molecule has 0 saturated carbocycles. The molecule has 0 fully saturated rings. The fourth-order valence-corrected chi connectivity index (χ4v) is 1.97. The lowest BCUT2D eigenvalue weighted by Crippen LogP contribution is -2.25. The van der Waals surface area contributed by atoms with E-state index < -0.39 is 0 Å². The second-order valence-electron chi connectivity index (χ2n) is 4.82. The first-order chi connectivity index (χ1) is 9.72. The molecule has 5 heteroatoms. The molecular formula is C15H23N3O2. The quantitative estimate of drug-likeness (QED) is 0.313. The van der Waals surface area contributed by atoms with E-state index in [4.69, 9.17) is 5.21 Å². The molecule has 5 nitrogen and oxygen atoms in total. The lowest BCUT2D eigenvalue weighted by Gasteiger charge is -2.16. The van der Waals surface area contributed by atoms with Gasteiger partial charge in [-0.05, 0) is 32.0 Å². The van der Waals surface area contributed by atoms with Gasteiger partial charge >= 0.3 is 0 Å². The molecule has 2 N–H and O–H groups in total. The van der Waals surface area contributed by atoms with Crippen molar-refractivity contribution in [1.29, 1.82) is 0 Å². The van der Waals surface area contributed by atoms with Crippen molar-refractivity contribution in [3.05, 3.63) is 35.9 Å². The van der Waals surface area contributed by atoms with Crippen molar-refractivity contribution < 1.29 is 10.0 Å². The first-order valence-electron chi connectivity index (χ1n) is 6.90. The van der Waals surface area contributed by atoms with Gasteiger partial charge in [0, 0.05) is 13.1 Å². The van der Waals surface area contributed by atoms with Crippen LogP contribution in [-0.4, -0.2) is 42.4 Å². The number of rotatable bonds is 9. The number of carbonyl (C=O) groups excluding carboxylic acids is 1. The Morgan fingerprint density at radius 3 is 2.75 bits per heavy atom. The number of nitrogens with one attached hydrogen (secondary N) is 1. The highest BCUT2D eigenvalue weighted by Crippen LogP contribution is 2.04. The van der Waals surface area contributed by atoms with Crippen LogP contribution in [0.3, 0.4) is 0 Å². The van der Waals surface area contributed by atoms with E-state index in [9.17, 15) is 4.79 Å². The first kappa shape index (κ1) is 16.2. The van der Waals surface area contributed by atoms with Gasteiger partial charge < -0.3 is 15.4 Å². The minimum atomic E-state index is -0.353. The fourth-order valence-electron chi connectivity index (χ4n) is 1.97. The Labute approximate surface area is 120 Å². The molecule has 110 valence electrons. The van der Waals surface area contributed by atoms with Crippen molar-refractivity contribution in [3.63, 3.8) is 0 Å². The molecule has 0 aliphatic rings. The maximum absolute atomic E-state index is 11.0. The van der Waals surface area contributed by atoms with Crippen LogP contribution in [0.4, 0.5) is 0 Å². The number of benzene rings is 1. The number of amides is 1. The minimum absolute atomic E-state index is 0.353. The van der Waals surface area contributed by atoms with E-state index >= 15 is 0 Å². The van der Waals surface area contributed by atoms with Crippen molar-refractivity contribution in [1.82, 2.24) is 10.2 Å². The van der Waals surface area contributed by atoms with Gasteiger partial charge in [0.15, 0.2) is 0 Å². The predicted octanol–water partition coefficient (Wildman–Crippen LogP) is 1.86. The van der Waals surface area contributed by atoms with Crippen LogP contribution in [0.5, 0.6) is 0 Å². The highest BCUT2D eigenvalue weighted by atomic mass is 16.4. The normalized spacial score (nSPS) is 11.1. The van der Waals surface area contributed by atoms with Crippen LogP contribution in [0, 0.1) is 0 Å². The molecule has 0 aromatic heterocycles. The maximum Gasteiger partial charge on any atom is 0.265 e. The van der Waals surface area contributed by atoms with Crippen LogP contribution in [-0.2, 0) is 11.3 Å². The Kier molecular flexibility index (Phi) is 8.07. The zero-order chi connectivity index (χ0) is 14.6. The van der Waals surface area contributed by atoms with E-state index in [1.54, 1.807) is 0 Å². The number of unbranched alkanes of at least 4 members (excludes halogenated alkanes) is 2. The topological polar surface area (TPSA) is 64.9 Å². The monoisotopic (exact) mass is 277 g/mol. The summed E-state index contributed by atoms with van der Waals surface area (Å²) in [6.07, 6.45) is 3.97. The molecule has 20 heavy (non-hydrogen) atoms. The number of oxime groups is 1. The molecular weight excluding hydrogens is 254 g/mol. The largest absolute Gasteiger partial charge is 0.411 e. The average molecular weight is 277 g/mol. The van der Waals surface area contributed by atoms with Crippen LogP contribution in [0.15, 0.2) is 35.5 Å². The van der Waals surface area contributed by atoms with E-state index in [0.717, 1.165) is 38.6 Å². The molecule has 0 aliphatic heterocycles. The van der Waals surface area contributed by atoms with Gasteiger partial charge in [-0.1, -0.05) is 41.9 Å². The minimum Gasteiger partial charge on any atom is -0.411 e. The number of nitrogens with zero attached hydrogens (tertiary/aromatic N) is 2. The number of hydrogen-bond donors (Lipinski definition) is 2. The van der Waals surface area contributed by atoms with Gasteiger partial charge in [0.25, 0.3) is 5.91 Å². The Balaban J connectivity index is 2.02. The summed E-state index contributed by atoms with van der Waals surface area (Å²) in [4.78, 5) is 13.3. The zero-order valence-corrected chi connectivity index (χ0v) is 12.0. The van der Waals surface area contributed by atoms with E-state index in [0.29, 0.717) is 6.54 Å². The molecule has 1 rings (SSSR count). The van der Waals surface area contributed by atoms with Crippen LogP contribution in [0.25, 0.3) is 0 Å². The lowest BCUT2D eigenvalue weighted by molar-refractivity contribution is -0.114. The molecule has 0 aliphatic carbocycles. The van der Waals surface area contributed by atoms with Crippen molar-refractivity contribution in [2.45, 2.75) is 25.8 Å². The third-order valence-corrected chi connectivity index (χ3v) is 2.99. The Hall–Kier alpha value is -1.88. The molecule has 0 bridgehead atoms. The molecule has 1 amide bonds. The summed E-state index contributed by atoms with van der Waals surface area (Å²) in [5, 5.41) is 13.5. The highest BCUT2D eigenvalue weighted by molar-refractivity contribution is 6.25. The van der Waals surface area contributed by atoms with Gasteiger partial charge in [-0.3, -0.25) is 4.79 Å². The summed E-state index contributed by atoms with van der Waals surface area (Å²) >= 11 is 0. The summed E-state index contributed by atoms with van der Waals surface area (Å²) in [5.74, 6) is -0.353. The smallest absolute Gasteiger partial charge is 0.265 e. The van der Waals surface area contributed by atoms with E-state index in [2.05, 4.69) is 46.7 Å². The standard InChI is InChI=1S/C15H23N3O2/c1-18(13-14-8-4-2-5-9-14)11-7-3-6-10-16-15(19)12-17-20/h2,4-5,8-9,12,20H,3,6-7,10-11,13H2,1H3,(H,16,19). The molecule has 0 atom stereocenters. The second kappa shape index (κ2) is 9.97. The van der Waals surface area contributed by atoms with Gasteiger partial charge in [0.05, 0.1) is 0 Å². The molecule has 1 aromatic rings. The Morgan fingerprint density at radius 1 is 1.30 bits per heavy atom. The average Bonchev–Trinajstić information content (AvgIpc) is 2.44. The third-order valence-electron chi connectivity index (χ3n) is 2.99. The van der Waals surface area contributed by atoms with Gasteiger partial charge in [-0.2, -0.15) is 0 Å². The summed E-state index contributed by atoms with van der Waals surface area (Å²) in [5.41, 5.74) is 1.32. The van der Waals surface area contributed by atoms with Crippen molar-refractivity contribution in [2.24, 2.45) is 5.16 Å². The second-order valence-corrected chi connectivity index (χ2v) is 4.82. The third kappa shape index (κ3) is 7.53. The van der Waals surface area contributed by atoms with Gasteiger partial charge in [-0.25, -0.2) is 0 Å². The van der Waals surface area contributed by atoms with Crippen molar-refractivity contribution >= 4 is 12.1 Å². The Morgan fingerprint density at radius 2 is 2.05 bits per heavy atom. The summed E-state index contributed by atoms with van der Waals surface area (Å²) in [6.45, 7) is 2.62. The molecule has 0 heterocycles. The van der Waals surface area contributed by atoms with Crippen LogP contribution >= 0.6 is 0 Å². The molecule has 0 saturated heterocycles. The van der Waals surface area contributed by atoms with E-state index in [1.807, 2.05) is 6.07 Å². The lowest BCUT2D eigenvalue weighted by atomic mass is 10.2. The Bertz CT molecular complexity index is 407. The summed E-state index contributed by atoms with van der Waals surface area (Å²) in [7, 11) is 2.12. The summed E-state index contributed by atoms with van der Waals surface area (Å²) in [6, 6.07) is 10.4. The summed E-state index contributed by atoms with van der Waals surface area (Å²) < 4.78 is 0. The predicted molar refractivity (Wildman–Crippen MR) is 79.9 cm³/mol. The molecule has 0 spiro atoms. The van der Waals surface area contributed by atoms with Crippen LogP contribution in [0.2, 0.25) is 0 Å². The van der Waals surface area contributed by atoms with Crippen molar-refractivity contribution in [3.8, 4) is 0 Å². The van der Waals surface area contributed by atoms with Gasteiger partial charge in [0.1, 0.15) is 6.21 Å². The fraction of sp³-hybridized carbons (Fsp3) is 0.467. The van der Waals surface area contributed by atoms with E-state index in [1.165, 1.54) is 5.56 Å². The maximum atomic E-state index is 11.0. The molecule has 1 aromatic carbocycles. The van der Waals surface area contributed by atoms with Crippen molar-refractivity contribution in [2.75, 3.05) is 20.1 Å². The highest BCUT2D eigenvalue weighted by Gasteiger charge is 2.00. The van der Waals surface area contributed by atoms with Gasteiger partial charge in [0.2, 0.25) is 0 Å². The molecule has 0 unspecified atom stereocenters. The molecule has 0 radical (unpaired) electrons. The number of carbonyl (C=O) groups is 1. The first-order valence-corrected chi connectivity index (χ1v) is 6.90. The SMILES string of the molecule is CN(CCCCCNC(=O)C=NO)Cc1ccccc1. The van der Waals surface area contributed by atoms with Crippen LogP contribution in [0.1, 0.15) is 24.8 Å².